The van der Waals surface area contributed by atoms with Gasteiger partial charge in [0.25, 0.3) is 0 Å². The van der Waals surface area contributed by atoms with Crippen LogP contribution in [0.1, 0.15) is 44.0 Å². The molecule has 0 atom stereocenters. The maximum Gasteiger partial charge on any atom is 0.339 e. The minimum Gasteiger partial charge on any atom is -0.478 e. The molecule has 0 aliphatic carbocycles. The minimum atomic E-state index is -0.956. The predicted octanol–water partition coefficient (Wildman–Crippen LogP) is 2.77. The van der Waals surface area contributed by atoms with Gasteiger partial charge in [0.05, 0.1) is 0 Å². The number of aromatic carboxylic acids is 1. The van der Waals surface area contributed by atoms with E-state index in [0.717, 1.165) is 12.8 Å². The molecular weight excluding hydrogens is 204 g/mol. The van der Waals surface area contributed by atoms with E-state index in [1.54, 1.807) is 18.3 Å². The summed E-state index contributed by atoms with van der Waals surface area (Å²) in [6.07, 6.45) is 3.59. The standard InChI is InChI=1S/C12H18N2O2/c1-4-7-12(2,3)14-10-9(11(15)16)6-5-8-13-10/h5-6,8H,4,7H2,1-3H3,(H,13,14)(H,15,16). The number of nitrogens with zero attached hydrogens (tertiary/aromatic N) is 1. The first-order valence-electron chi connectivity index (χ1n) is 5.43. The molecule has 0 aromatic carbocycles. The van der Waals surface area contributed by atoms with Crippen LogP contribution < -0.4 is 5.32 Å². The molecule has 4 heteroatoms. The first kappa shape index (κ1) is 12.5. The Morgan fingerprint density at radius 2 is 2.25 bits per heavy atom. The van der Waals surface area contributed by atoms with Gasteiger partial charge in [0.2, 0.25) is 0 Å². The molecule has 2 N–H and O–H groups in total. The van der Waals surface area contributed by atoms with Crippen LogP contribution in [-0.4, -0.2) is 21.6 Å². The number of carbonyl (C=O) groups is 1. The summed E-state index contributed by atoms with van der Waals surface area (Å²) in [4.78, 5) is 15.1. The molecule has 0 saturated heterocycles. The Kier molecular flexibility index (Phi) is 3.88. The molecule has 0 fully saturated rings. The van der Waals surface area contributed by atoms with E-state index in [0.29, 0.717) is 5.82 Å². The Balaban J connectivity index is 2.92. The number of aromatic nitrogens is 1. The van der Waals surface area contributed by atoms with Gasteiger partial charge in [-0.1, -0.05) is 13.3 Å². The quantitative estimate of drug-likeness (QED) is 0.804. The van der Waals surface area contributed by atoms with E-state index in [1.807, 2.05) is 13.8 Å². The molecule has 0 aliphatic rings. The number of nitrogens with one attached hydrogen (secondary N) is 1. The summed E-state index contributed by atoms with van der Waals surface area (Å²) in [7, 11) is 0. The summed E-state index contributed by atoms with van der Waals surface area (Å²) < 4.78 is 0. The molecule has 88 valence electrons. The first-order valence-corrected chi connectivity index (χ1v) is 5.43. The van der Waals surface area contributed by atoms with Crippen molar-refractivity contribution in [3.63, 3.8) is 0 Å². The molecule has 0 amide bonds. The van der Waals surface area contributed by atoms with Crippen LogP contribution in [0.3, 0.4) is 0 Å². The zero-order chi connectivity index (χ0) is 12.2. The smallest absolute Gasteiger partial charge is 0.339 e. The van der Waals surface area contributed by atoms with Crippen LogP contribution in [-0.2, 0) is 0 Å². The highest BCUT2D eigenvalue weighted by molar-refractivity contribution is 5.93. The second-order valence-electron chi connectivity index (χ2n) is 4.46. The second kappa shape index (κ2) is 4.96. The van der Waals surface area contributed by atoms with E-state index >= 15 is 0 Å². The van der Waals surface area contributed by atoms with Crippen molar-refractivity contribution in [1.82, 2.24) is 4.98 Å². The molecule has 1 heterocycles. The average Bonchev–Trinajstić information content (AvgIpc) is 2.17. The molecule has 0 aliphatic heterocycles. The van der Waals surface area contributed by atoms with Crippen LogP contribution in [0.15, 0.2) is 18.3 Å². The zero-order valence-corrected chi connectivity index (χ0v) is 9.95. The van der Waals surface area contributed by atoms with E-state index < -0.39 is 5.97 Å². The molecule has 16 heavy (non-hydrogen) atoms. The van der Waals surface area contributed by atoms with Gasteiger partial charge < -0.3 is 10.4 Å². The van der Waals surface area contributed by atoms with Crippen molar-refractivity contribution in [1.29, 1.82) is 0 Å². The number of anilines is 1. The van der Waals surface area contributed by atoms with Gasteiger partial charge in [0, 0.05) is 11.7 Å². The van der Waals surface area contributed by atoms with Gasteiger partial charge in [-0.2, -0.15) is 0 Å². The summed E-state index contributed by atoms with van der Waals surface area (Å²) in [6, 6.07) is 3.18. The molecule has 1 aromatic heterocycles. The Bertz CT molecular complexity index is 375. The Morgan fingerprint density at radius 3 is 2.81 bits per heavy atom. The third-order valence-electron chi connectivity index (χ3n) is 2.37. The minimum absolute atomic E-state index is 0.146. The number of pyridine rings is 1. The SMILES string of the molecule is CCCC(C)(C)Nc1ncccc1C(=O)O. The highest BCUT2D eigenvalue weighted by atomic mass is 16.4. The fraction of sp³-hybridized carbons (Fsp3) is 0.500. The van der Waals surface area contributed by atoms with Crippen molar-refractivity contribution in [2.75, 3.05) is 5.32 Å². The third-order valence-corrected chi connectivity index (χ3v) is 2.37. The third kappa shape index (κ3) is 3.22. The number of carboxylic acid groups (broad SMARTS) is 1. The fourth-order valence-corrected chi connectivity index (χ4v) is 1.69. The van der Waals surface area contributed by atoms with Crippen LogP contribution in [0.25, 0.3) is 0 Å². The highest BCUT2D eigenvalue weighted by Crippen LogP contribution is 2.20. The number of hydrogen-bond acceptors (Lipinski definition) is 3. The molecule has 1 aromatic rings. The molecule has 0 radical (unpaired) electrons. The Labute approximate surface area is 95.7 Å². The maximum absolute atomic E-state index is 11.0. The van der Waals surface area contributed by atoms with Crippen molar-refractivity contribution in [3.8, 4) is 0 Å². The van der Waals surface area contributed by atoms with Crippen LogP contribution >= 0.6 is 0 Å². The molecular formula is C12H18N2O2. The lowest BCUT2D eigenvalue weighted by atomic mass is 9.98. The van der Waals surface area contributed by atoms with Crippen LogP contribution in [0.4, 0.5) is 5.82 Å². The molecule has 0 unspecified atom stereocenters. The van der Waals surface area contributed by atoms with Crippen molar-refractivity contribution < 1.29 is 9.90 Å². The van der Waals surface area contributed by atoms with Gasteiger partial charge in [-0.25, -0.2) is 9.78 Å². The van der Waals surface area contributed by atoms with Crippen molar-refractivity contribution in [2.24, 2.45) is 0 Å². The second-order valence-corrected chi connectivity index (χ2v) is 4.46. The summed E-state index contributed by atoms with van der Waals surface area (Å²) in [6.45, 7) is 6.17. The topological polar surface area (TPSA) is 62.2 Å². The number of hydrogen-bond donors (Lipinski definition) is 2. The summed E-state index contributed by atoms with van der Waals surface area (Å²) in [5.41, 5.74) is 0.0690. The lowest BCUT2D eigenvalue weighted by Gasteiger charge is -2.27. The van der Waals surface area contributed by atoms with Crippen LogP contribution in [0.2, 0.25) is 0 Å². The van der Waals surface area contributed by atoms with Crippen molar-refractivity contribution in [3.05, 3.63) is 23.9 Å². The zero-order valence-electron chi connectivity index (χ0n) is 9.95. The van der Waals surface area contributed by atoms with E-state index in [9.17, 15) is 4.79 Å². The molecule has 4 nitrogen and oxygen atoms in total. The van der Waals surface area contributed by atoms with Gasteiger partial charge in [-0.05, 0) is 32.4 Å². The van der Waals surface area contributed by atoms with Gasteiger partial charge in [-0.3, -0.25) is 0 Å². The van der Waals surface area contributed by atoms with E-state index in [2.05, 4.69) is 17.2 Å². The monoisotopic (exact) mass is 222 g/mol. The summed E-state index contributed by atoms with van der Waals surface area (Å²) in [5, 5.41) is 12.2. The van der Waals surface area contributed by atoms with Gasteiger partial charge >= 0.3 is 5.97 Å². The first-order chi connectivity index (χ1) is 7.46. The largest absolute Gasteiger partial charge is 0.478 e. The Hall–Kier alpha value is -1.58. The average molecular weight is 222 g/mol. The van der Waals surface area contributed by atoms with Gasteiger partial charge in [0.15, 0.2) is 0 Å². The van der Waals surface area contributed by atoms with E-state index in [-0.39, 0.29) is 11.1 Å². The number of carboxylic acids is 1. The van der Waals surface area contributed by atoms with Gasteiger partial charge in [0.1, 0.15) is 11.4 Å². The summed E-state index contributed by atoms with van der Waals surface area (Å²) in [5.74, 6) is -0.517. The summed E-state index contributed by atoms with van der Waals surface area (Å²) >= 11 is 0. The maximum atomic E-state index is 11.0. The van der Waals surface area contributed by atoms with Crippen molar-refractivity contribution >= 4 is 11.8 Å². The molecule has 1 rings (SSSR count). The molecule has 0 bridgehead atoms. The van der Waals surface area contributed by atoms with Crippen molar-refractivity contribution in [2.45, 2.75) is 39.2 Å². The molecule has 0 spiro atoms. The number of rotatable bonds is 5. The lowest BCUT2D eigenvalue weighted by Crippen LogP contribution is -2.31. The Morgan fingerprint density at radius 1 is 1.56 bits per heavy atom. The lowest BCUT2D eigenvalue weighted by molar-refractivity contribution is 0.0697. The van der Waals surface area contributed by atoms with Crippen LogP contribution in [0.5, 0.6) is 0 Å². The van der Waals surface area contributed by atoms with Gasteiger partial charge in [-0.15, -0.1) is 0 Å². The normalized spacial score (nSPS) is 11.2. The predicted molar refractivity (Wildman–Crippen MR) is 63.8 cm³/mol. The fourth-order valence-electron chi connectivity index (χ4n) is 1.69. The van der Waals surface area contributed by atoms with Crippen LogP contribution in [0, 0.1) is 0 Å². The van der Waals surface area contributed by atoms with E-state index in [1.165, 1.54) is 0 Å². The van der Waals surface area contributed by atoms with E-state index in [4.69, 9.17) is 5.11 Å². The molecule has 0 saturated carbocycles. The highest BCUT2D eigenvalue weighted by Gasteiger charge is 2.20.